The van der Waals surface area contributed by atoms with Crippen molar-refractivity contribution in [3.8, 4) is 0 Å². The molecule has 4 nitrogen and oxygen atoms in total. The summed E-state index contributed by atoms with van der Waals surface area (Å²) in [6.45, 7) is 5.25. The van der Waals surface area contributed by atoms with Gasteiger partial charge in [-0.05, 0) is 26.3 Å². The monoisotopic (exact) mass is 209 g/mol. The van der Waals surface area contributed by atoms with Gasteiger partial charge in [-0.2, -0.15) is 0 Å². The topological polar surface area (TPSA) is 59.3 Å². The van der Waals surface area contributed by atoms with Crippen LogP contribution in [0.15, 0.2) is 23.1 Å². The number of pyridine rings is 1. The molecule has 0 amide bonds. The van der Waals surface area contributed by atoms with Crippen molar-refractivity contribution in [1.82, 2.24) is 4.57 Å². The van der Waals surface area contributed by atoms with Crippen LogP contribution in [0.3, 0.4) is 0 Å². The van der Waals surface area contributed by atoms with E-state index in [-0.39, 0.29) is 12.1 Å². The number of aromatic nitrogens is 1. The number of aryl methyl sites for hydroxylation is 1. The van der Waals surface area contributed by atoms with E-state index in [1.165, 1.54) is 10.6 Å². The smallest absolute Gasteiger partial charge is 0.310 e. The molecule has 0 spiro atoms. The Morgan fingerprint density at radius 3 is 2.60 bits per heavy atom. The highest BCUT2D eigenvalue weighted by molar-refractivity contribution is 5.73. The molecular formula is C11H15NO3. The maximum absolute atomic E-state index is 11.4. The number of nitrogens with zero attached hydrogens (tertiary/aromatic N) is 1. The highest BCUT2D eigenvalue weighted by Gasteiger charge is 2.27. The van der Waals surface area contributed by atoms with Crippen molar-refractivity contribution in [2.75, 3.05) is 0 Å². The van der Waals surface area contributed by atoms with E-state index in [1.54, 1.807) is 26.1 Å². The van der Waals surface area contributed by atoms with E-state index in [0.717, 1.165) is 5.56 Å². The summed E-state index contributed by atoms with van der Waals surface area (Å²) in [6.07, 6.45) is 1.67. The van der Waals surface area contributed by atoms with Crippen LogP contribution in [0.5, 0.6) is 0 Å². The lowest BCUT2D eigenvalue weighted by Crippen LogP contribution is -2.33. The predicted molar refractivity (Wildman–Crippen MR) is 56.9 cm³/mol. The summed E-state index contributed by atoms with van der Waals surface area (Å²) in [5, 5.41) is 8.95. The molecule has 0 unspecified atom stereocenters. The van der Waals surface area contributed by atoms with E-state index < -0.39 is 11.4 Å². The molecule has 0 saturated carbocycles. The average Bonchev–Trinajstić information content (AvgIpc) is 2.10. The molecule has 0 atom stereocenters. The molecule has 0 aliphatic rings. The molecule has 0 fully saturated rings. The predicted octanol–water partition coefficient (Wildman–Crippen LogP) is 1.27. The summed E-state index contributed by atoms with van der Waals surface area (Å²) in [7, 11) is 0. The van der Waals surface area contributed by atoms with E-state index in [1.807, 2.05) is 6.92 Å². The summed E-state index contributed by atoms with van der Waals surface area (Å²) in [5.41, 5.74) is -0.164. The third kappa shape index (κ3) is 2.68. The Morgan fingerprint density at radius 1 is 1.47 bits per heavy atom. The summed E-state index contributed by atoms with van der Waals surface area (Å²) < 4.78 is 1.43. The second-order valence-corrected chi connectivity index (χ2v) is 4.36. The number of hydrogen-bond donors (Lipinski definition) is 1. The van der Waals surface area contributed by atoms with Crippen LogP contribution < -0.4 is 5.56 Å². The van der Waals surface area contributed by atoms with E-state index in [4.69, 9.17) is 5.11 Å². The number of carboxylic acids is 1. The third-order valence-electron chi connectivity index (χ3n) is 2.28. The van der Waals surface area contributed by atoms with Crippen LogP contribution in [0.25, 0.3) is 0 Å². The third-order valence-corrected chi connectivity index (χ3v) is 2.28. The number of hydrogen-bond acceptors (Lipinski definition) is 2. The molecule has 1 heterocycles. The molecule has 82 valence electrons. The SMILES string of the molecule is Cc1ccc(=O)n(CC(C)(C)C(=O)O)c1. The molecule has 0 radical (unpaired) electrons. The van der Waals surface area contributed by atoms with Gasteiger partial charge in [0.2, 0.25) is 0 Å². The lowest BCUT2D eigenvalue weighted by atomic mass is 9.94. The van der Waals surface area contributed by atoms with Crippen LogP contribution in [-0.4, -0.2) is 15.6 Å². The van der Waals surface area contributed by atoms with Gasteiger partial charge in [-0.3, -0.25) is 9.59 Å². The van der Waals surface area contributed by atoms with Crippen molar-refractivity contribution in [1.29, 1.82) is 0 Å². The first kappa shape index (κ1) is 11.5. The second-order valence-electron chi connectivity index (χ2n) is 4.36. The quantitative estimate of drug-likeness (QED) is 0.815. The molecule has 0 aliphatic carbocycles. The second kappa shape index (κ2) is 3.88. The van der Waals surface area contributed by atoms with Gasteiger partial charge in [0.05, 0.1) is 5.41 Å². The normalized spacial score (nSPS) is 11.4. The fourth-order valence-electron chi connectivity index (χ4n) is 1.27. The zero-order chi connectivity index (χ0) is 11.6. The minimum Gasteiger partial charge on any atom is -0.481 e. The lowest BCUT2D eigenvalue weighted by molar-refractivity contribution is -0.147. The van der Waals surface area contributed by atoms with Crippen LogP contribution >= 0.6 is 0 Å². The molecule has 0 aromatic carbocycles. The fourth-order valence-corrected chi connectivity index (χ4v) is 1.27. The van der Waals surface area contributed by atoms with Crippen molar-refractivity contribution in [2.24, 2.45) is 5.41 Å². The Labute approximate surface area is 88.2 Å². The van der Waals surface area contributed by atoms with Crippen molar-refractivity contribution in [3.05, 3.63) is 34.2 Å². The van der Waals surface area contributed by atoms with E-state index in [9.17, 15) is 9.59 Å². The number of aliphatic carboxylic acids is 1. The zero-order valence-corrected chi connectivity index (χ0v) is 9.15. The van der Waals surface area contributed by atoms with Gasteiger partial charge < -0.3 is 9.67 Å². The Hall–Kier alpha value is -1.58. The summed E-state index contributed by atoms with van der Waals surface area (Å²) in [5.74, 6) is -0.907. The van der Waals surface area contributed by atoms with Gasteiger partial charge in [0.25, 0.3) is 5.56 Å². The molecule has 0 bridgehead atoms. The summed E-state index contributed by atoms with van der Waals surface area (Å²) in [6, 6.07) is 3.17. The molecule has 1 aromatic heterocycles. The molecule has 1 N–H and O–H groups in total. The molecule has 0 aliphatic heterocycles. The Balaban J connectivity index is 3.04. The van der Waals surface area contributed by atoms with Crippen LogP contribution in [0.1, 0.15) is 19.4 Å². The first-order valence-electron chi connectivity index (χ1n) is 4.73. The molecule has 4 heteroatoms. The highest BCUT2D eigenvalue weighted by atomic mass is 16.4. The minimum atomic E-state index is -0.933. The van der Waals surface area contributed by atoms with E-state index >= 15 is 0 Å². The van der Waals surface area contributed by atoms with Gasteiger partial charge in [-0.25, -0.2) is 0 Å². The zero-order valence-electron chi connectivity index (χ0n) is 9.15. The van der Waals surface area contributed by atoms with E-state index in [0.29, 0.717) is 0 Å². The van der Waals surface area contributed by atoms with Gasteiger partial charge in [0, 0.05) is 18.8 Å². The number of carbonyl (C=O) groups is 1. The molecule has 0 saturated heterocycles. The standard InChI is InChI=1S/C11H15NO3/c1-8-4-5-9(13)12(6-8)7-11(2,3)10(14)15/h4-6H,7H2,1-3H3,(H,14,15). The Bertz CT molecular complexity index is 432. The van der Waals surface area contributed by atoms with Crippen LogP contribution in [0, 0.1) is 12.3 Å². The molecule has 15 heavy (non-hydrogen) atoms. The number of carboxylic acid groups (broad SMARTS) is 1. The molecule has 1 rings (SSSR count). The van der Waals surface area contributed by atoms with Gasteiger partial charge in [-0.15, -0.1) is 0 Å². The Kier molecular flexibility index (Phi) is 2.98. The van der Waals surface area contributed by atoms with Crippen molar-refractivity contribution < 1.29 is 9.90 Å². The van der Waals surface area contributed by atoms with Crippen LogP contribution in [0.2, 0.25) is 0 Å². The average molecular weight is 209 g/mol. The van der Waals surface area contributed by atoms with E-state index in [2.05, 4.69) is 0 Å². The molecule has 1 aromatic rings. The van der Waals surface area contributed by atoms with Gasteiger partial charge in [0.15, 0.2) is 0 Å². The summed E-state index contributed by atoms with van der Waals surface area (Å²) in [4.78, 5) is 22.3. The van der Waals surface area contributed by atoms with Gasteiger partial charge in [0.1, 0.15) is 0 Å². The van der Waals surface area contributed by atoms with Gasteiger partial charge >= 0.3 is 5.97 Å². The lowest BCUT2D eigenvalue weighted by Gasteiger charge is -2.20. The van der Waals surface area contributed by atoms with Crippen LogP contribution in [-0.2, 0) is 11.3 Å². The molecular weight excluding hydrogens is 194 g/mol. The maximum Gasteiger partial charge on any atom is 0.310 e. The minimum absolute atomic E-state index is 0.171. The van der Waals surface area contributed by atoms with Crippen molar-refractivity contribution in [3.63, 3.8) is 0 Å². The van der Waals surface area contributed by atoms with Crippen molar-refractivity contribution >= 4 is 5.97 Å². The fraction of sp³-hybridized carbons (Fsp3) is 0.455. The van der Waals surface area contributed by atoms with Gasteiger partial charge in [-0.1, -0.05) is 6.07 Å². The summed E-state index contributed by atoms with van der Waals surface area (Å²) >= 11 is 0. The maximum atomic E-state index is 11.4. The highest BCUT2D eigenvalue weighted by Crippen LogP contribution is 2.17. The van der Waals surface area contributed by atoms with Crippen LogP contribution in [0.4, 0.5) is 0 Å². The largest absolute Gasteiger partial charge is 0.481 e. The Morgan fingerprint density at radius 2 is 2.07 bits per heavy atom. The first-order valence-corrected chi connectivity index (χ1v) is 4.73. The van der Waals surface area contributed by atoms with Crippen molar-refractivity contribution in [2.45, 2.75) is 27.3 Å². The first-order chi connectivity index (χ1) is 6.83. The number of rotatable bonds is 3.